The second-order valence-corrected chi connectivity index (χ2v) is 6.50. The number of hydrogen-bond acceptors (Lipinski definition) is 3. The highest BCUT2D eigenvalue weighted by Gasteiger charge is 2.44. The van der Waals surface area contributed by atoms with Crippen molar-refractivity contribution in [3.05, 3.63) is 75.6 Å². The normalized spacial score (nSPS) is 14.8. The van der Waals surface area contributed by atoms with E-state index in [0.717, 1.165) is 24.0 Å². The number of nitro benzene ring substituents is 1. The largest absolute Gasteiger partial charge is 0.356 e. The van der Waals surface area contributed by atoms with E-state index in [-0.39, 0.29) is 40.9 Å². The summed E-state index contributed by atoms with van der Waals surface area (Å²) in [5, 5.41) is 17.3. The van der Waals surface area contributed by atoms with Gasteiger partial charge in [-0.05, 0) is 36.1 Å². The van der Waals surface area contributed by atoms with Gasteiger partial charge in [0.1, 0.15) is 5.82 Å². The van der Waals surface area contributed by atoms with Gasteiger partial charge < -0.3 is 10.6 Å². The first-order valence-electron chi connectivity index (χ1n) is 8.46. The molecule has 3 rings (SSSR count). The predicted octanol–water partition coefficient (Wildman–Crippen LogP) is 3.75. The second-order valence-electron chi connectivity index (χ2n) is 6.50. The van der Waals surface area contributed by atoms with E-state index < -0.39 is 4.92 Å². The first-order chi connectivity index (χ1) is 12.5. The molecule has 144 valence electrons. The fourth-order valence-corrected chi connectivity index (χ4v) is 2.98. The number of nitrogens with one attached hydrogen (secondary N) is 2. The summed E-state index contributed by atoms with van der Waals surface area (Å²) in [6.07, 6.45) is 2.01. The maximum absolute atomic E-state index is 13.5. The molecule has 0 aromatic heterocycles. The fraction of sp³-hybridized carbons (Fsp3) is 0.316. The molecule has 0 heterocycles. The number of rotatable bonds is 6. The number of non-ortho nitro benzene ring substituents is 1. The molecule has 1 fully saturated rings. The summed E-state index contributed by atoms with van der Waals surface area (Å²) in [5.74, 6) is 0.390. The first kappa shape index (κ1) is 21.1. The lowest BCUT2D eigenvalue weighted by Crippen LogP contribution is -2.40. The van der Waals surface area contributed by atoms with Gasteiger partial charge >= 0.3 is 0 Å². The van der Waals surface area contributed by atoms with Gasteiger partial charge in [0, 0.05) is 37.7 Å². The van der Waals surface area contributed by atoms with Crippen molar-refractivity contribution in [1.29, 1.82) is 0 Å². The molecule has 8 heteroatoms. The molecule has 2 N–H and O–H groups in total. The highest BCUT2D eigenvalue weighted by Crippen LogP contribution is 2.47. The Balaban J connectivity index is 0.00000261. The Hall–Kier alpha value is -2.23. The monoisotopic (exact) mass is 484 g/mol. The minimum Gasteiger partial charge on any atom is -0.356 e. The minimum absolute atomic E-state index is 0. The van der Waals surface area contributed by atoms with Gasteiger partial charge in [-0.15, -0.1) is 24.0 Å². The zero-order chi connectivity index (χ0) is 18.6. The Morgan fingerprint density at radius 2 is 1.96 bits per heavy atom. The molecule has 0 radical (unpaired) electrons. The van der Waals surface area contributed by atoms with Crippen LogP contribution in [0.5, 0.6) is 0 Å². The average molecular weight is 484 g/mol. The third kappa shape index (κ3) is 5.38. The summed E-state index contributed by atoms with van der Waals surface area (Å²) in [5.41, 5.74) is 1.81. The molecule has 6 nitrogen and oxygen atoms in total. The molecule has 1 aliphatic rings. The molecule has 2 aromatic carbocycles. The lowest BCUT2D eigenvalue weighted by Gasteiger charge is -2.19. The summed E-state index contributed by atoms with van der Waals surface area (Å²) < 4.78 is 13.5. The lowest BCUT2D eigenvalue weighted by atomic mass is 9.96. The molecule has 0 aliphatic heterocycles. The van der Waals surface area contributed by atoms with Crippen molar-refractivity contribution in [1.82, 2.24) is 10.6 Å². The zero-order valence-electron chi connectivity index (χ0n) is 14.9. The number of halogens is 2. The molecule has 0 atom stereocenters. The third-order valence-electron chi connectivity index (χ3n) is 4.69. The molecular formula is C19H22FIN4O2. The Morgan fingerprint density at radius 3 is 2.59 bits per heavy atom. The Labute approximate surface area is 174 Å². The topological polar surface area (TPSA) is 79.6 Å². The van der Waals surface area contributed by atoms with Gasteiger partial charge in [0.25, 0.3) is 5.69 Å². The van der Waals surface area contributed by atoms with Crippen molar-refractivity contribution in [3.8, 4) is 0 Å². The van der Waals surface area contributed by atoms with Gasteiger partial charge in [-0.3, -0.25) is 15.1 Å². The standard InChI is InChI=1S/C19H21FN4O2.HI/c1-21-18(22-12-14-4-2-7-17(10-14)24(25)26)23-13-19(8-9-19)15-5-3-6-16(20)11-15;/h2-7,10-11H,8-9,12-13H2,1H3,(H2,21,22,23);1H. The number of nitrogens with zero attached hydrogens (tertiary/aromatic N) is 2. The Kier molecular flexibility index (Phi) is 7.11. The Morgan fingerprint density at radius 1 is 1.22 bits per heavy atom. The Bertz CT molecular complexity index is 840. The predicted molar refractivity (Wildman–Crippen MR) is 114 cm³/mol. The first-order valence-corrected chi connectivity index (χ1v) is 8.46. The van der Waals surface area contributed by atoms with Gasteiger partial charge in [-0.1, -0.05) is 24.3 Å². The lowest BCUT2D eigenvalue weighted by molar-refractivity contribution is -0.384. The van der Waals surface area contributed by atoms with Crippen molar-refractivity contribution in [2.45, 2.75) is 24.8 Å². The molecule has 0 spiro atoms. The van der Waals surface area contributed by atoms with Crippen LogP contribution in [0.2, 0.25) is 0 Å². The number of hydrogen-bond donors (Lipinski definition) is 2. The van der Waals surface area contributed by atoms with E-state index in [2.05, 4.69) is 15.6 Å². The number of guanidine groups is 1. The zero-order valence-corrected chi connectivity index (χ0v) is 17.3. The van der Waals surface area contributed by atoms with Crippen molar-refractivity contribution in [3.63, 3.8) is 0 Å². The van der Waals surface area contributed by atoms with E-state index in [1.807, 2.05) is 12.1 Å². The number of aliphatic imine (C=N–C) groups is 1. The molecule has 1 aliphatic carbocycles. The fourth-order valence-electron chi connectivity index (χ4n) is 2.98. The third-order valence-corrected chi connectivity index (χ3v) is 4.69. The van der Waals surface area contributed by atoms with Gasteiger partial charge in [0.2, 0.25) is 0 Å². The summed E-state index contributed by atoms with van der Waals surface area (Å²) in [4.78, 5) is 14.6. The second kappa shape index (κ2) is 9.12. The quantitative estimate of drug-likeness (QED) is 0.215. The molecule has 0 saturated heterocycles. The van der Waals surface area contributed by atoms with E-state index >= 15 is 0 Å². The van der Waals surface area contributed by atoms with E-state index in [1.54, 1.807) is 25.2 Å². The van der Waals surface area contributed by atoms with Crippen LogP contribution in [0.1, 0.15) is 24.0 Å². The number of benzene rings is 2. The van der Waals surface area contributed by atoms with Crippen LogP contribution in [0, 0.1) is 15.9 Å². The summed E-state index contributed by atoms with van der Waals surface area (Å²) in [6, 6.07) is 13.2. The van der Waals surface area contributed by atoms with Crippen molar-refractivity contribution in [2.75, 3.05) is 13.6 Å². The highest BCUT2D eigenvalue weighted by atomic mass is 127. The van der Waals surface area contributed by atoms with Gasteiger partial charge in [-0.2, -0.15) is 0 Å². The molecular weight excluding hydrogens is 462 g/mol. The SMILES string of the molecule is CN=C(NCc1cccc([N+](=O)[O-])c1)NCC1(c2cccc(F)c2)CC1.I. The maximum Gasteiger partial charge on any atom is 0.269 e. The van der Waals surface area contributed by atoms with Crippen molar-refractivity contribution in [2.24, 2.45) is 4.99 Å². The van der Waals surface area contributed by atoms with E-state index in [4.69, 9.17) is 0 Å². The van der Waals surface area contributed by atoms with Gasteiger partial charge in [-0.25, -0.2) is 4.39 Å². The molecule has 2 aromatic rings. The molecule has 0 amide bonds. The van der Waals surface area contributed by atoms with Crippen LogP contribution in [0.15, 0.2) is 53.5 Å². The summed E-state index contributed by atoms with van der Waals surface area (Å²) in [6.45, 7) is 1.08. The van der Waals surface area contributed by atoms with Crippen LogP contribution in [0.3, 0.4) is 0 Å². The van der Waals surface area contributed by atoms with Crippen molar-refractivity contribution >= 4 is 35.6 Å². The van der Waals surface area contributed by atoms with Crippen LogP contribution in [-0.2, 0) is 12.0 Å². The summed E-state index contributed by atoms with van der Waals surface area (Å²) in [7, 11) is 1.67. The van der Waals surface area contributed by atoms with E-state index in [9.17, 15) is 14.5 Å². The van der Waals surface area contributed by atoms with Crippen LogP contribution in [0.25, 0.3) is 0 Å². The van der Waals surface area contributed by atoms with Gasteiger partial charge in [0.15, 0.2) is 5.96 Å². The van der Waals surface area contributed by atoms with E-state index in [0.29, 0.717) is 19.0 Å². The van der Waals surface area contributed by atoms with E-state index in [1.165, 1.54) is 18.2 Å². The van der Waals surface area contributed by atoms with Gasteiger partial charge in [0.05, 0.1) is 4.92 Å². The summed E-state index contributed by atoms with van der Waals surface area (Å²) >= 11 is 0. The molecule has 0 unspecified atom stereocenters. The maximum atomic E-state index is 13.5. The highest BCUT2D eigenvalue weighted by molar-refractivity contribution is 14.0. The average Bonchev–Trinajstić information content (AvgIpc) is 3.43. The minimum atomic E-state index is -0.410. The molecule has 0 bridgehead atoms. The van der Waals surface area contributed by atoms with Crippen LogP contribution in [0.4, 0.5) is 10.1 Å². The van der Waals surface area contributed by atoms with Crippen molar-refractivity contribution < 1.29 is 9.31 Å². The van der Waals surface area contributed by atoms with Crippen LogP contribution >= 0.6 is 24.0 Å². The molecule has 1 saturated carbocycles. The number of nitro groups is 1. The molecule has 27 heavy (non-hydrogen) atoms. The smallest absolute Gasteiger partial charge is 0.269 e. The van der Waals surface area contributed by atoms with Crippen LogP contribution < -0.4 is 10.6 Å². The van der Waals surface area contributed by atoms with Crippen LogP contribution in [-0.4, -0.2) is 24.5 Å².